The lowest BCUT2D eigenvalue weighted by Gasteiger charge is -2.23. The van der Waals surface area contributed by atoms with E-state index in [4.69, 9.17) is 5.73 Å². The van der Waals surface area contributed by atoms with Crippen molar-refractivity contribution in [2.75, 3.05) is 0 Å². The first-order valence-electron chi connectivity index (χ1n) is 4.51. The quantitative estimate of drug-likeness (QED) is 0.721. The summed E-state index contributed by atoms with van der Waals surface area (Å²) in [6, 6.07) is 0. The fraction of sp³-hybridized carbons (Fsp3) is 0.800. The molecule has 0 heterocycles. The summed E-state index contributed by atoms with van der Waals surface area (Å²) in [6.07, 6.45) is 0.887. The van der Waals surface area contributed by atoms with Gasteiger partial charge in [0, 0.05) is 12.3 Å². The fourth-order valence-electron chi connectivity index (χ4n) is 1.34. The summed E-state index contributed by atoms with van der Waals surface area (Å²) in [5.74, 6) is -0.560. The van der Waals surface area contributed by atoms with Crippen LogP contribution in [0.3, 0.4) is 0 Å². The molecule has 0 aromatic rings. The van der Waals surface area contributed by atoms with Gasteiger partial charge in [-0.2, -0.15) is 0 Å². The molecule has 3 heteroatoms. The van der Waals surface area contributed by atoms with Crippen molar-refractivity contribution in [1.82, 2.24) is 0 Å². The van der Waals surface area contributed by atoms with Gasteiger partial charge in [0.05, 0.1) is 0 Å². The number of Topliss-reactive ketones (excluding diaryl/α,β-unsaturated/α-hetero) is 1. The molecule has 0 aromatic carbocycles. The first kappa shape index (κ1) is 12.1. The highest BCUT2D eigenvalue weighted by atomic mass is 16.1. The Kier molecular flexibility index (Phi) is 4.11. The molecule has 2 N–H and O–H groups in total. The van der Waals surface area contributed by atoms with E-state index in [2.05, 4.69) is 0 Å². The van der Waals surface area contributed by atoms with Crippen molar-refractivity contribution in [3.8, 4) is 0 Å². The van der Waals surface area contributed by atoms with Gasteiger partial charge in [-0.25, -0.2) is 0 Å². The van der Waals surface area contributed by atoms with E-state index >= 15 is 0 Å². The third kappa shape index (κ3) is 6.31. The standard InChI is InChI=1S/C10H19NO2/c1-7(12)8(5-9(11)13)6-10(2,3)4/h8H,5-6H2,1-4H3,(H2,11,13)/t8-/m0/s1. The Morgan fingerprint density at radius 2 is 1.77 bits per heavy atom. The highest BCUT2D eigenvalue weighted by molar-refractivity contribution is 5.84. The number of amides is 1. The van der Waals surface area contributed by atoms with E-state index in [0.717, 1.165) is 0 Å². The maximum Gasteiger partial charge on any atom is 0.218 e. The van der Waals surface area contributed by atoms with Crippen molar-refractivity contribution in [2.45, 2.75) is 40.5 Å². The lowest BCUT2D eigenvalue weighted by molar-refractivity contribution is -0.127. The van der Waals surface area contributed by atoms with Crippen molar-refractivity contribution in [1.29, 1.82) is 0 Å². The predicted octanol–water partition coefficient (Wildman–Crippen LogP) is 1.50. The van der Waals surface area contributed by atoms with Crippen molar-refractivity contribution in [3.05, 3.63) is 0 Å². The van der Waals surface area contributed by atoms with Crippen LogP contribution in [0.5, 0.6) is 0 Å². The normalized spacial score (nSPS) is 13.8. The maximum absolute atomic E-state index is 11.1. The zero-order chi connectivity index (χ0) is 10.6. The van der Waals surface area contributed by atoms with E-state index in [1.165, 1.54) is 6.92 Å². The molecule has 0 saturated carbocycles. The maximum atomic E-state index is 11.1. The lowest BCUT2D eigenvalue weighted by Crippen LogP contribution is -2.25. The van der Waals surface area contributed by atoms with Crippen molar-refractivity contribution in [2.24, 2.45) is 17.1 Å². The minimum atomic E-state index is -0.399. The molecule has 1 amide bonds. The minimum Gasteiger partial charge on any atom is -0.370 e. The van der Waals surface area contributed by atoms with Gasteiger partial charge in [-0.3, -0.25) is 9.59 Å². The summed E-state index contributed by atoms with van der Waals surface area (Å²) < 4.78 is 0. The second kappa shape index (κ2) is 4.40. The largest absolute Gasteiger partial charge is 0.370 e. The van der Waals surface area contributed by atoms with Crippen molar-refractivity contribution in [3.63, 3.8) is 0 Å². The van der Waals surface area contributed by atoms with Crippen LogP contribution in [0.2, 0.25) is 0 Å². The smallest absolute Gasteiger partial charge is 0.218 e. The monoisotopic (exact) mass is 185 g/mol. The van der Waals surface area contributed by atoms with Gasteiger partial charge in [0.15, 0.2) is 0 Å². The van der Waals surface area contributed by atoms with Gasteiger partial charge in [0.25, 0.3) is 0 Å². The lowest BCUT2D eigenvalue weighted by atomic mass is 9.81. The van der Waals surface area contributed by atoms with E-state index in [0.29, 0.717) is 6.42 Å². The molecular weight excluding hydrogens is 166 g/mol. The molecule has 1 atom stereocenters. The number of hydrogen-bond donors (Lipinski definition) is 1. The van der Waals surface area contributed by atoms with Crippen molar-refractivity contribution >= 4 is 11.7 Å². The summed E-state index contributed by atoms with van der Waals surface area (Å²) in [7, 11) is 0. The van der Waals surface area contributed by atoms with Crippen LogP contribution >= 0.6 is 0 Å². The van der Waals surface area contributed by atoms with Crippen LogP contribution in [0.15, 0.2) is 0 Å². The molecule has 0 rings (SSSR count). The van der Waals surface area contributed by atoms with Crippen LogP contribution in [0.1, 0.15) is 40.5 Å². The van der Waals surface area contributed by atoms with Crippen LogP contribution in [0.4, 0.5) is 0 Å². The number of primary amides is 1. The highest BCUT2D eigenvalue weighted by Gasteiger charge is 2.23. The van der Waals surface area contributed by atoms with Crippen LogP contribution in [-0.4, -0.2) is 11.7 Å². The summed E-state index contributed by atoms with van der Waals surface area (Å²) >= 11 is 0. The Bertz CT molecular complexity index is 203. The molecule has 76 valence electrons. The van der Waals surface area contributed by atoms with Gasteiger partial charge < -0.3 is 5.73 Å². The molecule has 0 fully saturated rings. The molecule has 0 saturated heterocycles. The molecule has 0 aliphatic heterocycles. The van der Waals surface area contributed by atoms with Crippen LogP contribution < -0.4 is 5.73 Å². The van der Waals surface area contributed by atoms with E-state index in [1.54, 1.807) is 0 Å². The number of hydrogen-bond acceptors (Lipinski definition) is 2. The summed E-state index contributed by atoms with van der Waals surface area (Å²) in [5, 5.41) is 0. The molecule has 0 unspecified atom stereocenters. The minimum absolute atomic E-state index is 0.0497. The second-order valence-corrected chi connectivity index (χ2v) is 4.74. The van der Waals surface area contributed by atoms with Crippen molar-refractivity contribution < 1.29 is 9.59 Å². The number of nitrogens with two attached hydrogens (primary N) is 1. The number of carbonyl (C=O) groups excluding carboxylic acids is 2. The molecule has 13 heavy (non-hydrogen) atoms. The van der Waals surface area contributed by atoms with Gasteiger partial charge in [-0.1, -0.05) is 20.8 Å². The first-order valence-corrected chi connectivity index (χ1v) is 4.51. The summed E-state index contributed by atoms with van der Waals surface area (Å²) in [4.78, 5) is 21.8. The van der Waals surface area contributed by atoms with E-state index in [-0.39, 0.29) is 23.5 Å². The Labute approximate surface area is 79.7 Å². The number of ketones is 1. The molecule has 0 spiro atoms. The molecule has 3 nitrogen and oxygen atoms in total. The van der Waals surface area contributed by atoms with Crippen LogP contribution in [0, 0.1) is 11.3 Å². The average molecular weight is 185 g/mol. The zero-order valence-corrected chi connectivity index (χ0v) is 8.89. The molecular formula is C10H19NO2. The van der Waals surface area contributed by atoms with Gasteiger partial charge in [-0.05, 0) is 18.8 Å². The molecule has 0 radical (unpaired) electrons. The predicted molar refractivity (Wildman–Crippen MR) is 52.1 cm³/mol. The Morgan fingerprint density at radius 1 is 1.31 bits per heavy atom. The highest BCUT2D eigenvalue weighted by Crippen LogP contribution is 2.26. The number of rotatable bonds is 4. The van der Waals surface area contributed by atoms with Gasteiger partial charge >= 0.3 is 0 Å². The second-order valence-electron chi connectivity index (χ2n) is 4.74. The fourth-order valence-corrected chi connectivity index (χ4v) is 1.34. The molecule has 0 aliphatic carbocycles. The Balaban J connectivity index is 4.27. The first-order chi connectivity index (χ1) is 5.72. The molecule has 0 bridgehead atoms. The van der Waals surface area contributed by atoms with Gasteiger partial charge in [0.1, 0.15) is 5.78 Å². The van der Waals surface area contributed by atoms with Gasteiger partial charge in [-0.15, -0.1) is 0 Å². The van der Waals surface area contributed by atoms with E-state index < -0.39 is 5.91 Å². The summed E-state index contributed by atoms with van der Waals surface area (Å²) in [6.45, 7) is 7.65. The third-order valence-corrected chi connectivity index (χ3v) is 1.88. The average Bonchev–Trinajstić information content (AvgIpc) is 1.81. The Morgan fingerprint density at radius 3 is 2.00 bits per heavy atom. The van der Waals surface area contributed by atoms with Gasteiger partial charge in [0.2, 0.25) is 5.91 Å². The topological polar surface area (TPSA) is 60.2 Å². The summed E-state index contributed by atoms with van der Waals surface area (Å²) in [5.41, 5.74) is 5.12. The SMILES string of the molecule is CC(=O)[C@@H](CC(N)=O)CC(C)(C)C. The van der Waals surface area contributed by atoms with Crippen LogP contribution in [-0.2, 0) is 9.59 Å². The van der Waals surface area contributed by atoms with E-state index in [1.807, 2.05) is 20.8 Å². The van der Waals surface area contributed by atoms with Crippen LogP contribution in [0.25, 0.3) is 0 Å². The molecule has 0 aromatic heterocycles. The zero-order valence-electron chi connectivity index (χ0n) is 8.89. The molecule has 0 aliphatic rings. The van der Waals surface area contributed by atoms with E-state index in [9.17, 15) is 9.59 Å². The third-order valence-electron chi connectivity index (χ3n) is 1.88. The number of carbonyl (C=O) groups is 2. The Hall–Kier alpha value is -0.860.